The van der Waals surface area contributed by atoms with Gasteiger partial charge in [0.1, 0.15) is 0 Å². The Kier molecular flexibility index (Phi) is 41.4. The van der Waals surface area contributed by atoms with Crippen molar-refractivity contribution in [3.63, 3.8) is 0 Å². The molecule has 0 radical (unpaired) electrons. The maximum atomic E-state index is 11.0. The molecule has 0 N–H and O–H groups in total. The van der Waals surface area contributed by atoms with Crippen LogP contribution < -0.4 is 29.6 Å². The average molecular weight is 665 g/mol. The Labute approximate surface area is 305 Å². The Morgan fingerprint density at radius 1 is 0.489 bits per heavy atom. The van der Waals surface area contributed by atoms with Gasteiger partial charge in [-0.3, -0.25) is 4.18 Å². The second-order valence-corrected chi connectivity index (χ2v) is 14.8. The van der Waals surface area contributed by atoms with E-state index >= 15 is 0 Å². The molecule has 0 aromatic rings. The van der Waals surface area contributed by atoms with Crippen LogP contribution in [-0.4, -0.2) is 19.6 Å². The van der Waals surface area contributed by atoms with E-state index in [9.17, 15) is 13.0 Å². The van der Waals surface area contributed by atoms with Crippen LogP contribution in [0, 0.1) is 5.92 Å². The molecule has 6 heteroatoms. The van der Waals surface area contributed by atoms with E-state index < -0.39 is 10.4 Å². The van der Waals surface area contributed by atoms with Gasteiger partial charge < -0.3 is 4.55 Å². The molecule has 1 unspecified atom stereocenters. The zero-order valence-electron chi connectivity index (χ0n) is 30.8. The Balaban J connectivity index is 0. The SMILES string of the molecule is CCCCCCCCCCCCCCCCCC/C=C/C(CCCCCCCCCCCCCCCCC)COS(=O)(=O)[O-].[Na+]. The van der Waals surface area contributed by atoms with E-state index in [-0.39, 0.29) is 42.1 Å². The quantitative estimate of drug-likeness (QED) is 0.0218. The van der Waals surface area contributed by atoms with E-state index in [0.717, 1.165) is 19.3 Å². The molecule has 0 amide bonds. The summed E-state index contributed by atoms with van der Waals surface area (Å²) in [7, 11) is -4.63. The van der Waals surface area contributed by atoms with Crippen LogP contribution in [-0.2, 0) is 14.6 Å². The third-order valence-electron chi connectivity index (χ3n) is 9.24. The summed E-state index contributed by atoms with van der Waals surface area (Å²) in [5.74, 6) is 0.0155. The van der Waals surface area contributed by atoms with Crippen molar-refractivity contribution in [3.8, 4) is 0 Å². The Morgan fingerprint density at radius 3 is 1.09 bits per heavy atom. The van der Waals surface area contributed by atoms with Gasteiger partial charge in [0.2, 0.25) is 10.4 Å². The van der Waals surface area contributed by atoms with Crippen molar-refractivity contribution in [2.24, 2.45) is 5.92 Å². The fraction of sp³-hybridized carbons (Fsp3) is 0.949. The molecular weight excluding hydrogens is 587 g/mol. The minimum absolute atomic E-state index is 0. The second kappa shape index (κ2) is 39.1. The summed E-state index contributed by atoms with van der Waals surface area (Å²) in [6.07, 6.45) is 48.2. The summed E-state index contributed by atoms with van der Waals surface area (Å²) < 4.78 is 37.6. The largest absolute Gasteiger partial charge is 1.00 e. The third-order valence-corrected chi connectivity index (χ3v) is 9.66. The second-order valence-electron chi connectivity index (χ2n) is 13.7. The minimum atomic E-state index is -4.63. The summed E-state index contributed by atoms with van der Waals surface area (Å²) in [5.41, 5.74) is 0. The maximum absolute atomic E-state index is 11.0. The van der Waals surface area contributed by atoms with E-state index in [0.29, 0.717) is 0 Å². The van der Waals surface area contributed by atoms with Crippen molar-refractivity contribution in [2.75, 3.05) is 6.61 Å². The molecule has 0 saturated heterocycles. The average Bonchev–Trinajstić information content (AvgIpc) is 3.00. The first kappa shape index (κ1) is 47.7. The summed E-state index contributed by atoms with van der Waals surface area (Å²) in [6.45, 7) is 4.55. The minimum Gasteiger partial charge on any atom is -0.726 e. The van der Waals surface area contributed by atoms with Crippen molar-refractivity contribution in [1.82, 2.24) is 0 Å². The van der Waals surface area contributed by atoms with Gasteiger partial charge in [-0.05, 0) is 19.3 Å². The molecule has 0 fully saturated rings. The van der Waals surface area contributed by atoms with Crippen molar-refractivity contribution in [1.29, 1.82) is 0 Å². The van der Waals surface area contributed by atoms with Crippen LogP contribution in [0.2, 0.25) is 0 Å². The number of rotatable bonds is 37. The molecule has 0 bridgehead atoms. The normalized spacial score (nSPS) is 12.6. The van der Waals surface area contributed by atoms with Crippen LogP contribution in [0.15, 0.2) is 12.2 Å². The van der Waals surface area contributed by atoms with Gasteiger partial charge >= 0.3 is 29.6 Å². The topological polar surface area (TPSA) is 66.4 Å². The van der Waals surface area contributed by atoms with Gasteiger partial charge in [-0.15, -0.1) is 0 Å². The molecule has 4 nitrogen and oxygen atoms in total. The molecule has 0 saturated carbocycles. The van der Waals surface area contributed by atoms with Crippen LogP contribution in [0.5, 0.6) is 0 Å². The molecule has 0 aliphatic heterocycles. The molecule has 0 aliphatic carbocycles. The summed E-state index contributed by atoms with van der Waals surface area (Å²) in [6, 6.07) is 0. The first-order valence-corrected chi connectivity index (χ1v) is 21.1. The Bertz CT molecular complexity index is 683. The van der Waals surface area contributed by atoms with E-state index in [2.05, 4.69) is 30.2 Å². The fourth-order valence-electron chi connectivity index (χ4n) is 6.28. The van der Waals surface area contributed by atoms with Gasteiger partial charge in [0.15, 0.2) is 0 Å². The maximum Gasteiger partial charge on any atom is 1.00 e. The molecule has 264 valence electrons. The van der Waals surface area contributed by atoms with Gasteiger partial charge in [0, 0.05) is 5.92 Å². The first-order chi connectivity index (χ1) is 21.5. The molecule has 0 spiro atoms. The summed E-state index contributed by atoms with van der Waals surface area (Å²) in [4.78, 5) is 0. The molecule has 0 aromatic heterocycles. The van der Waals surface area contributed by atoms with E-state index in [1.54, 1.807) is 0 Å². The molecule has 45 heavy (non-hydrogen) atoms. The molecule has 0 aliphatic rings. The first-order valence-electron chi connectivity index (χ1n) is 19.8. The smallest absolute Gasteiger partial charge is 0.726 e. The summed E-state index contributed by atoms with van der Waals surface area (Å²) in [5, 5.41) is 0. The molecule has 1 atom stereocenters. The predicted octanol–water partition coefficient (Wildman–Crippen LogP) is 10.6. The molecule has 0 rings (SSSR count). The van der Waals surface area contributed by atoms with E-state index in [4.69, 9.17) is 0 Å². The number of hydrogen-bond acceptors (Lipinski definition) is 4. The van der Waals surface area contributed by atoms with Crippen molar-refractivity contribution in [2.45, 2.75) is 226 Å². The number of hydrogen-bond donors (Lipinski definition) is 0. The van der Waals surface area contributed by atoms with Crippen molar-refractivity contribution >= 4 is 10.4 Å². The monoisotopic (exact) mass is 665 g/mol. The zero-order chi connectivity index (χ0) is 32.2. The van der Waals surface area contributed by atoms with Crippen LogP contribution >= 0.6 is 0 Å². The zero-order valence-corrected chi connectivity index (χ0v) is 33.6. The fourth-order valence-corrected chi connectivity index (χ4v) is 6.62. The van der Waals surface area contributed by atoms with Gasteiger partial charge in [-0.25, -0.2) is 8.42 Å². The summed E-state index contributed by atoms with van der Waals surface area (Å²) >= 11 is 0. The van der Waals surface area contributed by atoms with Crippen LogP contribution in [0.3, 0.4) is 0 Å². The number of allylic oxidation sites excluding steroid dienone is 1. The number of unbranched alkanes of at least 4 members (excludes halogenated alkanes) is 30. The Morgan fingerprint density at radius 2 is 0.778 bits per heavy atom. The van der Waals surface area contributed by atoms with Crippen LogP contribution in [0.1, 0.15) is 226 Å². The predicted molar refractivity (Wildman–Crippen MR) is 192 cm³/mol. The van der Waals surface area contributed by atoms with Gasteiger partial charge in [0.25, 0.3) is 0 Å². The van der Waals surface area contributed by atoms with Gasteiger partial charge in [-0.1, -0.05) is 219 Å². The molecule has 0 heterocycles. The Hall–Kier alpha value is 0.610. The van der Waals surface area contributed by atoms with Gasteiger partial charge in [0.05, 0.1) is 6.61 Å². The van der Waals surface area contributed by atoms with Crippen LogP contribution in [0.25, 0.3) is 0 Å². The third kappa shape index (κ3) is 42.6. The van der Waals surface area contributed by atoms with Crippen molar-refractivity contribution < 1.29 is 46.7 Å². The standard InChI is InChI=1S/C39H78O4S.Na/c1-3-5-7-9-11-13-15-17-19-20-21-23-25-27-29-31-33-35-37-39(38-43-44(40,41)42)36-34-32-30-28-26-24-22-18-16-14-12-10-8-6-4-2;/h35,37,39H,3-34,36,38H2,1-2H3,(H,40,41,42);/q;+1/p-1/b37-35+;. The van der Waals surface area contributed by atoms with E-state index in [1.807, 2.05) is 0 Å². The molecule has 0 aromatic carbocycles. The van der Waals surface area contributed by atoms with Gasteiger partial charge in [-0.2, -0.15) is 0 Å². The molecular formula is C39H77NaO4S. The van der Waals surface area contributed by atoms with Crippen molar-refractivity contribution in [3.05, 3.63) is 12.2 Å². The van der Waals surface area contributed by atoms with E-state index in [1.165, 1.54) is 193 Å². The van der Waals surface area contributed by atoms with Crippen LogP contribution in [0.4, 0.5) is 0 Å².